The van der Waals surface area contributed by atoms with E-state index in [1.54, 1.807) is 0 Å². The summed E-state index contributed by atoms with van der Waals surface area (Å²) in [7, 11) is 0. The zero-order chi connectivity index (χ0) is 11.8. The van der Waals surface area contributed by atoms with Crippen LogP contribution in [0.25, 0.3) is 0 Å². The van der Waals surface area contributed by atoms with Gasteiger partial charge in [-0.15, -0.1) is 12.4 Å². The minimum Gasteiger partial charge on any atom is -0.310 e. The largest absolute Gasteiger partial charge is 0.310 e. The predicted molar refractivity (Wildman–Crippen MR) is 73.6 cm³/mol. The Kier molecular flexibility index (Phi) is 4.62. The van der Waals surface area contributed by atoms with Crippen LogP contribution in [0.15, 0.2) is 6.20 Å². The molecular weight excluding hydrogens is 234 g/mol. The predicted octanol–water partition coefficient (Wildman–Crippen LogP) is 3.02. The van der Waals surface area contributed by atoms with Crippen LogP contribution in [0, 0.1) is 5.92 Å². The van der Waals surface area contributed by atoms with Gasteiger partial charge >= 0.3 is 0 Å². The third-order valence-electron chi connectivity index (χ3n) is 3.42. The quantitative estimate of drug-likeness (QED) is 0.874. The monoisotopic (exact) mass is 257 g/mol. The van der Waals surface area contributed by atoms with Crippen molar-refractivity contribution in [2.24, 2.45) is 5.92 Å². The Morgan fingerprint density at radius 1 is 1.41 bits per heavy atom. The maximum Gasteiger partial charge on any atom is 0.0535 e. The fourth-order valence-electron chi connectivity index (χ4n) is 2.42. The molecule has 1 aromatic rings. The minimum absolute atomic E-state index is 0. The molecule has 0 saturated heterocycles. The van der Waals surface area contributed by atoms with Gasteiger partial charge in [-0.05, 0) is 18.8 Å². The maximum absolute atomic E-state index is 4.16. The first kappa shape index (κ1) is 14.5. The Bertz CT molecular complexity index is 348. The number of halogens is 1. The van der Waals surface area contributed by atoms with Crippen molar-refractivity contribution < 1.29 is 0 Å². The van der Waals surface area contributed by atoms with Crippen molar-refractivity contribution >= 4 is 12.4 Å². The van der Waals surface area contributed by atoms with Crippen LogP contribution >= 0.6 is 12.4 Å². The Hall–Kier alpha value is -0.540. The maximum atomic E-state index is 4.16. The summed E-state index contributed by atoms with van der Waals surface area (Å²) in [6.07, 6.45) is 4.60. The highest BCUT2D eigenvalue weighted by Gasteiger charge is 2.26. The number of aromatic nitrogens is 2. The fourth-order valence-corrected chi connectivity index (χ4v) is 2.42. The van der Waals surface area contributed by atoms with Gasteiger partial charge < -0.3 is 5.32 Å². The molecule has 98 valence electrons. The molecule has 0 unspecified atom stereocenters. The number of aromatic amines is 1. The number of hydrogen-bond donors (Lipinski definition) is 2. The number of nitrogens with one attached hydrogen (secondary N) is 2. The number of nitrogens with zero attached hydrogens (tertiary/aromatic N) is 1. The average Bonchev–Trinajstić information content (AvgIpc) is 2.57. The van der Waals surface area contributed by atoms with Gasteiger partial charge in [0.05, 0.1) is 6.20 Å². The zero-order valence-electron chi connectivity index (χ0n) is 11.2. The number of hydrogen-bond acceptors (Lipinski definition) is 2. The molecule has 1 fully saturated rings. The van der Waals surface area contributed by atoms with Gasteiger partial charge in [-0.25, -0.2) is 0 Å². The van der Waals surface area contributed by atoms with Gasteiger partial charge in [-0.2, -0.15) is 5.10 Å². The van der Waals surface area contributed by atoms with Gasteiger partial charge in [0.25, 0.3) is 0 Å². The highest BCUT2D eigenvalue weighted by atomic mass is 35.5. The molecule has 0 aromatic carbocycles. The van der Waals surface area contributed by atoms with E-state index in [1.807, 2.05) is 6.20 Å². The van der Waals surface area contributed by atoms with Crippen LogP contribution in [-0.2, 0) is 12.0 Å². The molecule has 1 saturated carbocycles. The molecular formula is C13H24ClN3. The summed E-state index contributed by atoms with van der Waals surface area (Å²) >= 11 is 0. The van der Waals surface area contributed by atoms with Crippen molar-refractivity contribution in [1.82, 2.24) is 15.5 Å². The van der Waals surface area contributed by atoms with Crippen LogP contribution < -0.4 is 5.32 Å². The minimum atomic E-state index is 0. The van der Waals surface area contributed by atoms with Gasteiger partial charge in [-0.1, -0.05) is 27.7 Å². The molecule has 1 aromatic heterocycles. The lowest BCUT2D eigenvalue weighted by atomic mass is 9.81. The van der Waals surface area contributed by atoms with Crippen LogP contribution in [0.5, 0.6) is 0 Å². The Morgan fingerprint density at radius 2 is 2.06 bits per heavy atom. The second-order valence-electron chi connectivity index (χ2n) is 6.17. The molecule has 4 heteroatoms. The second-order valence-corrected chi connectivity index (χ2v) is 6.17. The average molecular weight is 258 g/mol. The summed E-state index contributed by atoms with van der Waals surface area (Å²) in [4.78, 5) is 0. The van der Waals surface area contributed by atoms with Gasteiger partial charge in [0.2, 0.25) is 0 Å². The molecule has 2 rings (SSSR count). The van der Waals surface area contributed by atoms with Crippen molar-refractivity contribution in [3.05, 3.63) is 17.5 Å². The molecule has 0 bridgehead atoms. The molecule has 3 nitrogen and oxygen atoms in total. The molecule has 0 radical (unpaired) electrons. The van der Waals surface area contributed by atoms with E-state index in [9.17, 15) is 0 Å². The van der Waals surface area contributed by atoms with Crippen LogP contribution in [0.4, 0.5) is 0 Å². The molecule has 0 amide bonds. The SMILES string of the molecule is CC1CC(NCc2cn[nH]c2C(C)(C)C)C1.Cl. The summed E-state index contributed by atoms with van der Waals surface area (Å²) in [6, 6.07) is 0.720. The van der Waals surface area contributed by atoms with Gasteiger partial charge in [0.15, 0.2) is 0 Å². The van der Waals surface area contributed by atoms with Crippen molar-refractivity contribution in [2.75, 3.05) is 0 Å². The lowest BCUT2D eigenvalue weighted by Crippen LogP contribution is -2.39. The fraction of sp³-hybridized carbons (Fsp3) is 0.769. The first-order valence-electron chi connectivity index (χ1n) is 6.23. The van der Waals surface area contributed by atoms with E-state index in [0.717, 1.165) is 18.5 Å². The summed E-state index contributed by atoms with van der Waals surface area (Å²) < 4.78 is 0. The molecule has 0 atom stereocenters. The summed E-state index contributed by atoms with van der Waals surface area (Å²) in [5.41, 5.74) is 2.72. The second kappa shape index (κ2) is 5.40. The molecule has 0 aliphatic heterocycles. The van der Waals surface area contributed by atoms with Gasteiger partial charge in [0, 0.05) is 29.3 Å². The zero-order valence-corrected chi connectivity index (χ0v) is 12.0. The molecule has 1 heterocycles. The van der Waals surface area contributed by atoms with E-state index in [4.69, 9.17) is 0 Å². The van der Waals surface area contributed by atoms with E-state index < -0.39 is 0 Å². The summed E-state index contributed by atoms with van der Waals surface area (Å²) in [5.74, 6) is 0.906. The topological polar surface area (TPSA) is 40.7 Å². The first-order chi connectivity index (χ1) is 7.47. The molecule has 1 aliphatic carbocycles. The van der Waals surface area contributed by atoms with Crippen molar-refractivity contribution in [1.29, 1.82) is 0 Å². The molecule has 0 spiro atoms. The van der Waals surface area contributed by atoms with E-state index in [2.05, 4.69) is 43.2 Å². The standard InChI is InChI=1S/C13H23N3.ClH/c1-9-5-11(6-9)14-7-10-8-15-16-12(10)13(2,3)4;/h8-9,11,14H,5-7H2,1-4H3,(H,15,16);1H. The van der Waals surface area contributed by atoms with Gasteiger partial charge in [-0.3, -0.25) is 5.10 Å². The van der Waals surface area contributed by atoms with Crippen LogP contribution in [0.2, 0.25) is 0 Å². The van der Waals surface area contributed by atoms with E-state index >= 15 is 0 Å². The number of rotatable bonds is 3. The summed E-state index contributed by atoms with van der Waals surface area (Å²) in [6.45, 7) is 9.91. The molecule has 2 N–H and O–H groups in total. The third kappa shape index (κ3) is 3.46. The Morgan fingerprint density at radius 3 is 2.59 bits per heavy atom. The first-order valence-corrected chi connectivity index (χ1v) is 6.23. The lowest BCUT2D eigenvalue weighted by molar-refractivity contribution is 0.240. The van der Waals surface area contributed by atoms with Crippen LogP contribution in [0.1, 0.15) is 51.8 Å². The normalized spacial score (nSPS) is 24.0. The van der Waals surface area contributed by atoms with Crippen LogP contribution in [0.3, 0.4) is 0 Å². The highest BCUT2D eigenvalue weighted by Crippen LogP contribution is 2.27. The lowest BCUT2D eigenvalue weighted by Gasteiger charge is -2.33. The van der Waals surface area contributed by atoms with Crippen molar-refractivity contribution in [3.8, 4) is 0 Å². The van der Waals surface area contributed by atoms with Gasteiger partial charge in [0.1, 0.15) is 0 Å². The Balaban J connectivity index is 0.00000144. The van der Waals surface area contributed by atoms with Crippen molar-refractivity contribution in [3.63, 3.8) is 0 Å². The summed E-state index contributed by atoms with van der Waals surface area (Å²) in [5, 5.41) is 10.9. The molecule has 1 aliphatic rings. The van der Waals surface area contributed by atoms with E-state index in [-0.39, 0.29) is 17.8 Å². The Labute approximate surface area is 110 Å². The smallest absolute Gasteiger partial charge is 0.0535 e. The third-order valence-corrected chi connectivity index (χ3v) is 3.42. The van der Waals surface area contributed by atoms with E-state index in [1.165, 1.54) is 24.1 Å². The number of H-pyrrole nitrogens is 1. The van der Waals surface area contributed by atoms with E-state index in [0.29, 0.717) is 0 Å². The van der Waals surface area contributed by atoms with Crippen molar-refractivity contribution in [2.45, 2.75) is 58.5 Å². The highest BCUT2D eigenvalue weighted by molar-refractivity contribution is 5.85. The van der Waals surface area contributed by atoms with Crippen LogP contribution in [-0.4, -0.2) is 16.2 Å². The molecule has 17 heavy (non-hydrogen) atoms.